The zero-order valence-corrected chi connectivity index (χ0v) is 15.1. The molecule has 0 amide bonds. The highest BCUT2D eigenvalue weighted by Crippen LogP contribution is 2.41. The van der Waals surface area contributed by atoms with Crippen LogP contribution in [0.3, 0.4) is 0 Å². The zero-order chi connectivity index (χ0) is 18.1. The molecule has 0 radical (unpaired) electrons. The molecule has 6 nitrogen and oxygen atoms in total. The van der Waals surface area contributed by atoms with Crippen LogP contribution in [-0.2, 0) is 5.54 Å². The van der Waals surface area contributed by atoms with Crippen molar-refractivity contribution in [3.8, 4) is 11.5 Å². The summed E-state index contributed by atoms with van der Waals surface area (Å²) < 4.78 is 12.7. The second kappa shape index (κ2) is 6.38. The smallest absolute Gasteiger partial charge is 0.174 e. The van der Waals surface area contributed by atoms with E-state index >= 15 is 0 Å². The molecule has 0 bridgehead atoms. The summed E-state index contributed by atoms with van der Waals surface area (Å²) in [5, 5.41) is 8.67. The number of hydrogen-bond acceptors (Lipinski definition) is 5. The van der Waals surface area contributed by atoms with Gasteiger partial charge in [-0.3, -0.25) is 0 Å². The molecular weight excluding hydrogens is 352 g/mol. The van der Waals surface area contributed by atoms with Gasteiger partial charge in [-0.1, -0.05) is 23.7 Å². The van der Waals surface area contributed by atoms with E-state index in [1.807, 2.05) is 54.6 Å². The molecule has 0 aliphatic carbocycles. The number of methoxy groups -OCH3 is 2. The van der Waals surface area contributed by atoms with Crippen molar-refractivity contribution in [2.75, 3.05) is 19.6 Å². The van der Waals surface area contributed by atoms with Crippen LogP contribution < -0.4 is 14.9 Å². The third kappa shape index (κ3) is 2.59. The van der Waals surface area contributed by atoms with Crippen LogP contribution in [0.2, 0.25) is 5.02 Å². The second-order valence-corrected chi connectivity index (χ2v) is 6.32. The first-order chi connectivity index (χ1) is 12.7. The van der Waals surface area contributed by atoms with Crippen molar-refractivity contribution in [2.24, 2.45) is 0 Å². The fourth-order valence-corrected chi connectivity index (χ4v) is 3.35. The number of ether oxygens (including phenoxy) is 2. The van der Waals surface area contributed by atoms with Gasteiger partial charge in [-0.15, -0.1) is 10.2 Å². The maximum atomic E-state index is 6.31. The fraction of sp³-hybridized carbons (Fsp3) is 0.158. The topological polar surface area (TPSA) is 61.2 Å². The van der Waals surface area contributed by atoms with E-state index in [4.69, 9.17) is 21.1 Å². The molecule has 0 fully saturated rings. The molecule has 1 N–H and O–H groups in total. The zero-order valence-electron chi connectivity index (χ0n) is 14.3. The maximum Gasteiger partial charge on any atom is 0.174 e. The molecular formula is C19H17ClN4O2. The van der Waals surface area contributed by atoms with Crippen LogP contribution in [0.5, 0.6) is 11.5 Å². The van der Waals surface area contributed by atoms with Crippen LogP contribution in [0.15, 0.2) is 54.9 Å². The molecule has 0 spiro atoms. The summed E-state index contributed by atoms with van der Waals surface area (Å²) in [6.07, 6.45) is 5.59. The average Bonchev–Trinajstić information content (AvgIpc) is 3.15. The normalized spacial score (nSPS) is 18.1. The van der Waals surface area contributed by atoms with Crippen LogP contribution in [0.4, 0.5) is 0 Å². The number of hydrogen-bond donors (Lipinski definition) is 1. The van der Waals surface area contributed by atoms with Gasteiger partial charge in [-0.2, -0.15) is 0 Å². The Morgan fingerprint density at radius 3 is 2.62 bits per heavy atom. The predicted molar refractivity (Wildman–Crippen MR) is 100 cm³/mol. The standard InChI is InChI=1S/C19H17ClN4O2/c1-25-15-6-3-13(4-7-15)19(10-9-18-22-21-12-24(18)23-19)16-11-14(20)5-8-17(16)26-2/h3-12,23H,1-2H3. The summed E-state index contributed by atoms with van der Waals surface area (Å²) in [5.74, 6) is 2.22. The van der Waals surface area contributed by atoms with Crippen LogP contribution >= 0.6 is 11.6 Å². The molecule has 3 aromatic rings. The summed E-state index contributed by atoms with van der Waals surface area (Å²) in [5.41, 5.74) is 4.65. The third-order valence-electron chi connectivity index (χ3n) is 4.49. The maximum absolute atomic E-state index is 6.31. The first-order valence-corrected chi connectivity index (χ1v) is 8.40. The van der Waals surface area contributed by atoms with Crippen molar-refractivity contribution in [2.45, 2.75) is 5.54 Å². The van der Waals surface area contributed by atoms with Crippen LogP contribution in [0.1, 0.15) is 17.0 Å². The molecule has 1 atom stereocenters. The quantitative estimate of drug-likeness (QED) is 0.764. The number of halogens is 1. The van der Waals surface area contributed by atoms with Gasteiger partial charge in [-0.05, 0) is 48.0 Å². The van der Waals surface area contributed by atoms with Gasteiger partial charge < -0.3 is 14.9 Å². The minimum atomic E-state index is -0.710. The number of rotatable bonds is 4. The third-order valence-corrected chi connectivity index (χ3v) is 4.72. The van der Waals surface area contributed by atoms with Gasteiger partial charge in [-0.25, -0.2) is 4.68 Å². The molecule has 132 valence electrons. The Bertz CT molecular complexity index is 968. The molecule has 4 rings (SSSR count). The first-order valence-electron chi connectivity index (χ1n) is 8.02. The van der Waals surface area contributed by atoms with Crippen molar-refractivity contribution >= 4 is 17.7 Å². The van der Waals surface area contributed by atoms with E-state index < -0.39 is 5.54 Å². The molecule has 7 heteroatoms. The molecule has 1 unspecified atom stereocenters. The van der Waals surface area contributed by atoms with E-state index in [0.717, 1.165) is 28.5 Å². The molecule has 26 heavy (non-hydrogen) atoms. The molecule has 1 aromatic heterocycles. The summed E-state index contributed by atoms with van der Waals surface area (Å²) in [4.78, 5) is 0. The van der Waals surface area contributed by atoms with E-state index in [0.29, 0.717) is 5.02 Å². The molecule has 0 saturated carbocycles. The summed E-state index contributed by atoms with van der Waals surface area (Å²) >= 11 is 6.31. The Morgan fingerprint density at radius 2 is 1.88 bits per heavy atom. The summed E-state index contributed by atoms with van der Waals surface area (Å²) in [7, 11) is 3.29. The van der Waals surface area contributed by atoms with Gasteiger partial charge in [0.2, 0.25) is 0 Å². The molecule has 1 aliphatic rings. The van der Waals surface area contributed by atoms with Gasteiger partial charge in [0.15, 0.2) is 5.82 Å². The van der Waals surface area contributed by atoms with Crippen molar-refractivity contribution in [3.05, 3.63) is 76.8 Å². The SMILES string of the molecule is COc1ccc(C2(c3cc(Cl)ccc3OC)C=Cc3nncn3N2)cc1. The van der Waals surface area contributed by atoms with E-state index in [9.17, 15) is 0 Å². The predicted octanol–water partition coefficient (Wildman–Crippen LogP) is 3.46. The lowest BCUT2D eigenvalue weighted by molar-refractivity contribution is 0.402. The van der Waals surface area contributed by atoms with Gasteiger partial charge in [0.25, 0.3) is 0 Å². The number of benzene rings is 2. The molecule has 1 aliphatic heterocycles. The fourth-order valence-electron chi connectivity index (χ4n) is 3.18. The van der Waals surface area contributed by atoms with E-state index in [-0.39, 0.29) is 0 Å². The number of nitrogens with one attached hydrogen (secondary N) is 1. The van der Waals surface area contributed by atoms with Gasteiger partial charge in [0, 0.05) is 10.6 Å². The van der Waals surface area contributed by atoms with Crippen molar-refractivity contribution in [3.63, 3.8) is 0 Å². The average molecular weight is 369 g/mol. The lowest BCUT2D eigenvalue weighted by atomic mass is 9.81. The van der Waals surface area contributed by atoms with Crippen molar-refractivity contribution in [1.29, 1.82) is 0 Å². The molecule has 0 saturated heterocycles. The second-order valence-electron chi connectivity index (χ2n) is 5.89. The lowest BCUT2D eigenvalue weighted by Gasteiger charge is -2.37. The minimum Gasteiger partial charge on any atom is -0.497 e. The summed E-state index contributed by atoms with van der Waals surface area (Å²) in [6.45, 7) is 0. The number of nitrogens with zero attached hydrogens (tertiary/aromatic N) is 3. The Hall–Kier alpha value is -2.99. The highest BCUT2D eigenvalue weighted by molar-refractivity contribution is 6.30. The van der Waals surface area contributed by atoms with Crippen LogP contribution in [0, 0.1) is 0 Å². The number of fused-ring (bicyclic) bond motifs is 1. The Morgan fingerprint density at radius 1 is 1.08 bits per heavy atom. The van der Waals surface area contributed by atoms with Crippen LogP contribution in [0.25, 0.3) is 6.08 Å². The van der Waals surface area contributed by atoms with Gasteiger partial charge >= 0.3 is 0 Å². The van der Waals surface area contributed by atoms with Crippen molar-refractivity contribution in [1.82, 2.24) is 14.9 Å². The van der Waals surface area contributed by atoms with Crippen molar-refractivity contribution < 1.29 is 9.47 Å². The molecule has 2 heterocycles. The molecule has 2 aromatic carbocycles. The van der Waals surface area contributed by atoms with E-state index in [1.165, 1.54) is 0 Å². The van der Waals surface area contributed by atoms with E-state index in [1.54, 1.807) is 25.2 Å². The monoisotopic (exact) mass is 368 g/mol. The first kappa shape index (κ1) is 16.5. The Labute approximate surface area is 156 Å². The van der Waals surface area contributed by atoms with E-state index in [2.05, 4.69) is 15.6 Å². The van der Waals surface area contributed by atoms with Gasteiger partial charge in [0.1, 0.15) is 23.4 Å². The minimum absolute atomic E-state index is 0.624. The Balaban J connectivity index is 1.95. The number of aromatic nitrogens is 3. The lowest BCUT2D eigenvalue weighted by Crippen LogP contribution is -2.42. The Kier molecular flexibility index (Phi) is 4.05. The largest absolute Gasteiger partial charge is 0.497 e. The highest BCUT2D eigenvalue weighted by atomic mass is 35.5. The summed E-state index contributed by atoms with van der Waals surface area (Å²) in [6, 6.07) is 13.4. The van der Waals surface area contributed by atoms with Gasteiger partial charge in [0.05, 0.1) is 14.2 Å². The highest BCUT2D eigenvalue weighted by Gasteiger charge is 2.37. The van der Waals surface area contributed by atoms with Crippen LogP contribution in [-0.4, -0.2) is 29.1 Å².